The van der Waals surface area contributed by atoms with Crippen molar-refractivity contribution in [3.63, 3.8) is 0 Å². The Labute approximate surface area is 112 Å². The molecule has 1 aromatic rings. The van der Waals surface area contributed by atoms with Crippen LogP contribution < -0.4 is 5.32 Å². The summed E-state index contributed by atoms with van der Waals surface area (Å²) in [5.74, 6) is 0. The zero-order valence-corrected chi connectivity index (χ0v) is 13.0. The Morgan fingerprint density at radius 2 is 1.72 bits per heavy atom. The maximum absolute atomic E-state index is 3.75. The molecule has 0 saturated heterocycles. The molecule has 1 saturated carbocycles. The van der Waals surface area contributed by atoms with Gasteiger partial charge in [0.25, 0.3) is 0 Å². The van der Waals surface area contributed by atoms with Gasteiger partial charge in [-0.25, -0.2) is 0 Å². The molecule has 102 valence electrons. The number of aryl methyl sites for hydroxylation is 1. The van der Waals surface area contributed by atoms with Crippen molar-refractivity contribution in [2.75, 3.05) is 0 Å². The Kier molecular flexibility index (Phi) is 3.13. The topological polar surface area (TPSA) is 17.0 Å². The molecule has 0 aromatic carbocycles. The smallest absolute Gasteiger partial charge is 0.0226 e. The zero-order chi connectivity index (χ0) is 13.7. The van der Waals surface area contributed by atoms with Crippen molar-refractivity contribution in [3.8, 4) is 0 Å². The van der Waals surface area contributed by atoms with E-state index in [1.165, 1.54) is 17.0 Å². The van der Waals surface area contributed by atoms with Crippen LogP contribution in [0.3, 0.4) is 0 Å². The highest BCUT2D eigenvalue weighted by Gasteiger charge is 2.64. The van der Waals surface area contributed by atoms with Crippen LogP contribution in [0.2, 0.25) is 0 Å². The van der Waals surface area contributed by atoms with Crippen molar-refractivity contribution in [2.24, 2.45) is 10.8 Å². The summed E-state index contributed by atoms with van der Waals surface area (Å²) >= 11 is 0. The molecular weight excluding hydrogens is 220 g/mol. The van der Waals surface area contributed by atoms with Crippen LogP contribution in [-0.2, 0) is 13.1 Å². The van der Waals surface area contributed by atoms with Crippen molar-refractivity contribution in [1.82, 2.24) is 9.88 Å². The van der Waals surface area contributed by atoms with Gasteiger partial charge in [0, 0.05) is 30.5 Å². The van der Waals surface area contributed by atoms with E-state index < -0.39 is 0 Å². The van der Waals surface area contributed by atoms with Gasteiger partial charge in [-0.3, -0.25) is 0 Å². The Bertz CT molecular complexity index is 438. The van der Waals surface area contributed by atoms with Crippen molar-refractivity contribution in [1.29, 1.82) is 0 Å². The minimum absolute atomic E-state index is 0.420. The first-order valence-electron chi connectivity index (χ1n) is 7.12. The highest BCUT2D eigenvalue weighted by molar-refractivity contribution is 5.27. The van der Waals surface area contributed by atoms with Crippen LogP contribution in [0.25, 0.3) is 0 Å². The third-order valence-electron chi connectivity index (χ3n) is 5.51. The second kappa shape index (κ2) is 4.12. The normalized spacial score (nSPS) is 21.3. The zero-order valence-electron chi connectivity index (χ0n) is 13.0. The van der Waals surface area contributed by atoms with Gasteiger partial charge in [-0.1, -0.05) is 27.7 Å². The standard InChI is InChI=1S/C16H28N2/c1-8-18-11(2)9-13(12(18)3)10-17-14-15(4,5)16(14,6)7/h9,14,17H,8,10H2,1-7H3. The number of nitrogens with zero attached hydrogens (tertiary/aromatic N) is 1. The molecule has 0 amide bonds. The maximum Gasteiger partial charge on any atom is 0.0226 e. The van der Waals surface area contributed by atoms with Gasteiger partial charge < -0.3 is 9.88 Å². The number of rotatable bonds is 4. The Hall–Kier alpha value is -0.760. The Balaban J connectivity index is 2.05. The van der Waals surface area contributed by atoms with Crippen LogP contribution in [0.4, 0.5) is 0 Å². The Morgan fingerprint density at radius 3 is 2.11 bits per heavy atom. The molecule has 0 spiro atoms. The first-order chi connectivity index (χ1) is 8.23. The number of nitrogens with one attached hydrogen (secondary N) is 1. The van der Waals surface area contributed by atoms with E-state index in [1.54, 1.807) is 0 Å². The van der Waals surface area contributed by atoms with E-state index in [4.69, 9.17) is 0 Å². The summed E-state index contributed by atoms with van der Waals surface area (Å²) in [4.78, 5) is 0. The van der Waals surface area contributed by atoms with Crippen LogP contribution in [0.15, 0.2) is 6.07 Å². The summed E-state index contributed by atoms with van der Waals surface area (Å²) in [5, 5.41) is 3.75. The van der Waals surface area contributed by atoms with E-state index in [0.29, 0.717) is 16.9 Å². The second-order valence-electron chi connectivity index (χ2n) is 6.90. The van der Waals surface area contributed by atoms with Gasteiger partial charge in [0.15, 0.2) is 0 Å². The lowest BCUT2D eigenvalue weighted by atomic mass is 10.0. The summed E-state index contributed by atoms with van der Waals surface area (Å²) < 4.78 is 2.39. The molecule has 1 aliphatic carbocycles. The van der Waals surface area contributed by atoms with Crippen LogP contribution in [-0.4, -0.2) is 10.6 Å². The molecule has 1 aromatic heterocycles. The highest BCUT2D eigenvalue weighted by Crippen LogP contribution is 2.62. The molecule has 2 heteroatoms. The molecule has 0 atom stereocenters. The van der Waals surface area contributed by atoms with Crippen molar-refractivity contribution in [3.05, 3.63) is 23.0 Å². The fraction of sp³-hybridized carbons (Fsp3) is 0.750. The lowest BCUT2D eigenvalue weighted by Crippen LogP contribution is -2.22. The predicted octanol–water partition coefficient (Wildman–Crippen LogP) is 3.65. The monoisotopic (exact) mass is 248 g/mol. The second-order valence-corrected chi connectivity index (χ2v) is 6.90. The number of aromatic nitrogens is 1. The summed E-state index contributed by atoms with van der Waals surface area (Å²) in [6.45, 7) is 18.2. The third-order valence-corrected chi connectivity index (χ3v) is 5.51. The van der Waals surface area contributed by atoms with E-state index in [-0.39, 0.29) is 0 Å². The average molecular weight is 248 g/mol. The summed E-state index contributed by atoms with van der Waals surface area (Å²) in [5.41, 5.74) is 5.08. The summed E-state index contributed by atoms with van der Waals surface area (Å²) in [6, 6.07) is 2.96. The van der Waals surface area contributed by atoms with Crippen molar-refractivity contribution >= 4 is 0 Å². The third kappa shape index (κ3) is 1.82. The molecule has 1 heterocycles. The highest BCUT2D eigenvalue weighted by atomic mass is 15.1. The molecular formula is C16H28N2. The fourth-order valence-corrected chi connectivity index (χ4v) is 3.46. The molecule has 1 aliphatic rings. The maximum atomic E-state index is 3.75. The summed E-state index contributed by atoms with van der Waals surface area (Å²) in [6.07, 6.45) is 0. The van der Waals surface area contributed by atoms with Gasteiger partial charge in [0.2, 0.25) is 0 Å². The van der Waals surface area contributed by atoms with Crippen LogP contribution >= 0.6 is 0 Å². The lowest BCUT2D eigenvalue weighted by molar-refractivity contribution is 0.457. The SMILES string of the molecule is CCn1c(C)cc(CNC2C(C)(C)C2(C)C)c1C. The van der Waals surface area contributed by atoms with E-state index in [9.17, 15) is 0 Å². The largest absolute Gasteiger partial charge is 0.349 e. The van der Waals surface area contributed by atoms with Gasteiger partial charge in [0.1, 0.15) is 0 Å². The van der Waals surface area contributed by atoms with Crippen LogP contribution in [0, 0.1) is 24.7 Å². The lowest BCUT2D eigenvalue weighted by Gasteiger charge is -2.08. The molecule has 0 bridgehead atoms. The molecule has 2 nitrogen and oxygen atoms in total. The minimum Gasteiger partial charge on any atom is -0.349 e. The molecule has 0 radical (unpaired) electrons. The van der Waals surface area contributed by atoms with E-state index in [0.717, 1.165) is 13.1 Å². The molecule has 1 fully saturated rings. The van der Waals surface area contributed by atoms with E-state index in [2.05, 4.69) is 64.4 Å². The quantitative estimate of drug-likeness (QED) is 0.860. The van der Waals surface area contributed by atoms with E-state index in [1.807, 2.05) is 0 Å². The molecule has 2 rings (SSSR count). The number of hydrogen-bond acceptors (Lipinski definition) is 1. The molecule has 0 unspecified atom stereocenters. The first-order valence-corrected chi connectivity index (χ1v) is 7.12. The summed E-state index contributed by atoms with van der Waals surface area (Å²) in [7, 11) is 0. The van der Waals surface area contributed by atoms with Gasteiger partial charge in [-0.05, 0) is 43.2 Å². The van der Waals surface area contributed by atoms with Crippen molar-refractivity contribution in [2.45, 2.75) is 67.6 Å². The molecule has 18 heavy (non-hydrogen) atoms. The minimum atomic E-state index is 0.420. The van der Waals surface area contributed by atoms with Crippen LogP contribution in [0.1, 0.15) is 51.6 Å². The van der Waals surface area contributed by atoms with E-state index >= 15 is 0 Å². The molecule has 1 N–H and O–H groups in total. The number of hydrogen-bond donors (Lipinski definition) is 1. The Morgan fingerprint density at radius 1 is 1.17 bits per heavy atom. The van der Waals surface area contributed by atoms with Gasteiger partial charge in [-0.2, -0.15) is 0 Å². The predicted molar refractivity (Wildman–Crippen MR) is 77.8 cm³/mol. The molecule has 0 aliphatic heterocycles. The van der Waals surface area contributed by atoms with Gasteiger partial charge in [0.05, 0.1) is 0 Å². The van der Waals surface area contributed by atoms with Gasteiger partial charge in [-0.15, -0.1) is 0 Å². The van der Waals surface area contributed by atoms with Gasteiger partial charge >= 0.3 is 0 Å². The first kappa shape index (κ1) is 13.7. The van der Waals surface area contributed by atoms with Crippen LogP contribution in [0.5, 0.6) is 0 Å². The average Bonchev–Trinajstić information content (AvgIpc) is 2.50. The van der Waals surface area contributed by atoms with Crippen molar-refractivity contribution < 1.29 is 0 Å². The fourth-order valence-electron chi connectivity index (χ4n) is 3.46.